The minimum atomic E-state index is -3.45. The van der Waals surface area contributed by atoms with Crippen molar-refractivity contribution in [3.05, 3.63) is 60.2 Å². The van der Waals surface area contributed by atoms with Crippen molar-refractivity contribution in [2.45, 2.75) is 43.4 Å². The van der Waals surface area contributed by atoms with Gasteiger partial charge in [-0.05, 0) is 49.1 Å². The highest BCUT2D eigenvalue weighted by Gasteiger charge is 2.26. The SMILES string of the molecule is CCC(C(=O)Nc1ccc(S(=O)(=O)N2CCCCC2)cc1)c1ccccc1. The molecule has 5 nitrogen and oxygen atoms in total. The summed E-state index contributed by atoms with van der Waals surface area (Å²) in [6, 6.07) is 16.1. The summed E-state index contributed by atoms with van der Waals surface area (Å²) >= 11 is 0. The minimum Gasteiger partial charge on any atom is -0.326 e. The van der Waals surface area contributed by atoms with Gasteiger partial charge in [0.1, 0.15) is 0 Å². The predicted octanol–water partition coefficient (Wildman–Crippen LogP) is 3.99. The number of piperidine rings is 1. The summed E-state index contributed by atoms with van der Waals surface area (Å²) in [5, 5.41) is 2.90. The maximum atomic E-state index is 12.7. The van der Waals surface area contributed by atoms with Crippen LogP contribution in [0.5, 0.6) is 0 Å². The Morgan fingerprint density at radius 2 is 1.63 bits per heavy atom. The van der Waals surface area contributed by atoms with Crippen LogP contribution >= 0.6 is 0 Å². The lowest BCUT2D eigenvalue weighted by Crippen LogP contribution is -2.35. The summed E-state index contributed by atoms with van der Waals surface area (Å²) in [5.41, 5.74) is 1.58. The molecule has 1 amide bonds. The molecule has 1 unspecified atom stereocenters. The maximum Gasteiger partial charge on any atom is 0.243 e. The van der Waals surface area contributed by atoms with Crippen LogP contribution in [0.15, 0.2) is 59.5 Å². The van der Waals surface area contributed by atoms with Crippen LogP contribution in [-0.4, -0.2) is 31.7 Å². The molecule has 1 fully saturated rings. The first-order chi connectivity index (χ1) is 13.0. The van der Waals surface area contributed by atoms with E-state index in [0.717, 1.165) is 24.8 Å². The fraction of sp³-hybridized carbons (Fsp3) is 0.381. The summed E-state index contributed by atoms with van der Waals surface area (Å²) in [6.07, 6.45) is 3.59. The van der Waals surface area contributed by atoms with Crippen LogP contribution in [0.4, 0.5) is 5.69 Å². The van der Waals surface area contributed by atoms with Crippen molar-refractivity contribution >= 4 is 21.6 Å². The van der Waals surface area contributed by atoms with Gasteiger partial charge in [0, 0.05) is 18.8 Å². The van der Waals surface area contributed by atoms with E-state index in [-0.39, 0.29) is 16.7 Å². The molecule has 3 rings (SSSR count). The van der Waals surface area contributed by atoms with Crippen LogP contribution in [-0.2, 0) is 14.8 Å². The van der Waals surface area contributed by atoms with E-state index in [4.69, 9.17) is 0 Å². The van der Waals surface area contributed by atoms with Crippen LogP contribution in [0.25, 0.3) is 0 Å². The summed E-state index contributed by atoms with van der Waals surface area (Å²) < 4.78 is 26.9. The van der Waals surface area contributed by atoms with Gasteiger partial charge in [-0.25, -0.2) is 8.42 Å². The van der Waals surface area contributed by atoms with Crippen LogP contribution in [0.1, 0.15) is 44.1 Å². The molecule has 0 aliphatic carbocycles. The normalized spacial score (nSPS) is 16.6. The number of rotatable bonds is 6. The van der Waals surface area contributed by atoms with Crippen LogP contribution < -0.4 is 5.32 Å². The highest BCUT2D eigenvalue weighted by atomic mass is 32.2. The molecule has 1 atom stereocenters. The second kappa shape index (κ2) is 8.67. The van der Waals surface area contributed by atoms with E-state index in [2.05, 4.69) is 5.32 Å². The number of anilines is 1. The van der Waals surface area contributed by atoms with Gasteiger partial charge in [0.2, 0.25) is 15.9 Å². The predicted molar refractivity (Wildman–Crippen MR) is 107 cm³/mol. The molecule has 0 spiro atoms. The average molecular weight is 387 g/mol. The highest BCUT2D eigenvalue weighted by Crippen LogP contribution is 2.24. The third-order valence-corrected chi connectivity index (χ3v) is 6.91. The molecule has 1 N–H and O–H groups in total. The standard InChI is InChI=1S/C21H26N2O3S/c1-2-20(17-9-5-3-6-10-17)21(24)22-18-11-13-19(14-12-18)27(25,26)23-15-7-4-8-16-23/h3,5-6,9-14,20H,2,4,7-8,15-16H2,1H3,(H,22,24). The molecule has 0 bridgehead atoms. The lowest BCUT2D eigenvalue weighted by Gasteiger charge is -2.25. The molecule has 1 aliphatic heterocycles. The van der Waals surface area contributed by atoms with Gasteiger partial charge in [-0.15, -0.1) is 0 Å². The van der Waals surface area contributed by atoms with E-state index < -0.39 is 10.0 Å². The van der Waals surface area contributed by atoms with Crippen LogP contribution in [0, 0.1) is 0 Å². The van der Waals surface area contributed by atoms with Crippen molar-refractivity contribution in [1.82, 2.24) is 4.31 Å². The zero-order chi connectivity index (χ0) is 19.3. The second-order valence-corrected chi connectivity index (χ2v) is 8.79. The molecule has 0 aromatic heterocycles. The van der Waals surface area contributed by atoms with Gasteiger partial charge in [0.15, 0.2) is 0 Å². The number of hydrogen-bond donors (Lipinski definition) is 1. The zero-order valence-electron chi connectivity index (χ0n) is 15.6. The van der Waals surface area contributed by atoms with Gasteiger partial charge in [-0.2, -0.15) is 4.31 Å². The number of benzene rings is 2. The molecule has 1 saturated heterocycles. The third-order valence-electron chi connectivity index (χ3n) is 5.00. The Morgan fingerprint density at radius 1 is 1.00 bits per heavy atom. The molecule has 144 valence electrons. The zero-order valence-corrected chi connectivity index (χ0v) is 16.4. The largest absolute Gasteiger partial charge is 0.326 e. The molecule has 2 aromatic carbocycles. The number of sulfonamides is 1. The number of amides is 1. The Kier molecular flexibility index (Phi) is 6.29. The van der Waals surface area contributed by atoms with Gasteiger partial charge in [0.05, 0.1) is 10.8 Å². The molecule has 27 heavy (non-hydrogen) atoms. The summed E-state index contributed by atoms with van der Waals surface area (Å²) in [6.45, 7) is 3.14. The maximum absolute atomic E-state index is 12.7. The van der Waals surface area contributed by atoms with E-state index >= 15 is 0 Å². The molecular formula is C21H26N2O3S. The van der Waals surface area contributed by atoms with Gasteiger partial charge >= 0.3 is 0 Å². The quantitative estimate of drug-likeness (QED) is 0.816. The smallest absolute Gasteiger partial charge is 0.243 e. The molecule has 1 heterocycles. The van der Waals surface area contributed by atoms with Gasteiger partial charge in [-0.1, -0.05) is 43.7 Å². The fourth-order valence-corrected chi connectivity index (χ4v) is 4.97. The Bertz CT molecular complexity index is 858. The van der Waals surface area contributed by atoms with Crippen molar-refractivity contribution in [3.63, 3.8) is 0 Å². The Hall–Kier alpha value is -2.18. The number of hydrogen-bond acceptors (Lipinski definition) is 3. The highest BCUT2D eigenvalue weighted by molar-refractivity contribution is 7.89. The van der Waals surface area contributed by atoms with Crippen LogP contribution in [0.3, 0.4) is 0 Å². The van der Waals surface area contributed by atoms with Gasteiger partial charge in [0.25, 0.3) is 0 Å². The van der Waals surface area contributed by atoms with E-state index in [1.54, 1.807) is 28.6 Å². The molecule has 0 saturated carbocycles. The van der Waals surface area contributed by atoms with Gasteiger partial charge in [-0.3, -0.25) is 4.79 Å². The van der Waals surface area contributed by atoms with Crippen molar-refractivity contribution in [2.75, 3.05) is 18.4 Å². The Labute approximate surface area is 161 Å². The van der Waals surface area contributed by atoms with E-state index in [1.807, 2.05) is 37.3 Å². The average Bonchev–Trinajstić information content (AvgIpc) is 2.70. The van der Waals surface area contributed by atoms with Crippen molar-refractivity contribution in [2.24, 2.45) is 0 Å². The van der Waals surface area contributed by atoms with Crippen LogP contribution in [0.2, 0.25) is 0 Å². The molecular weight excluding hydrogens is 360 g/mol. The Morgan fingerprint density at radius 3 is 2.22 bits per heavy atom. The molecule has 1 aliphatic rings. The monoisotopic (exact) mass is 386 g/mol. The first-order valence-corrected chi connectivity index (χ1v) is 10.9. The number of nitrogens with zero attached hydrogens (tertiary/aromatic N) is 1. The third kappa shape index (κ3) is 4.57. The lowest BCUT2D eigenvalue weighted by molar-refractivity contribution is -0.117. The summed E-state index contributed by atoms with van der Waals surface area (Å²) in [4.78, 5) is 12.9. The molecule has 6 heteroatoms. The second-order valence-electron chi connectivity index (χ2n) is 6.85. The summed E-state index contributed by atoms with van der Waals surface area (Å²) in [7, 11) is -3.45. The topological polar surface area (TPSA) is 66.5 Å². The number of nitrogens with one attached hydrogen (secondary N) is 1. The summed E-state index contributed by atoms with van der Waals surface area (Å²) in [5.74, 6) is -0.321. The lowest BCUT2D eigenvalue weighted by atomic mass is 9.95. The molecule has 2 aromatic rings. The van der Waals surface area contributed by atoms with Gasteiger partial charge < -0.3 is 5.32 Å². The van der Waals surface area contributed by atoms with Crippen molar-refractivity contribution in [1.29, 1.82) is 0 Å². The minimum absolute atomic E-state index is 0.0877. The van der Waals surface area contributed by atoms with Crippen molar-refractivity contribution in [3.8, 4) is 0 Å². The number of carbonyl (C=O) groups is 1. The molecule has 0 radical (unpaired) electrons. The fourth-order valence-electron chi connectivity index (χ4n) is 3.45. The van der Waals surface area contributed by atoms with Crippen molar-refractivity contribution < 1.29 is 13.2 Å². The first kappa shape index (κ1) is 19.6. The van der Waals surface area contributed by atoms with E-state index in [0.29, 0.717) is 25.2 Å². The van der Waals surface area contributed by atoms with E-state index in [9.17, 15) is 13.2 Å². The number of carbonyl (C=O) groups excluding carboxylic acids is 1. The Balaban J connectivity index is 1.71. The first-order valence-electron chi connectivity index (χ1n) is 9.48. The van der Waals surface area contributed by atoms with E-state index in [1.165, 1.54) is 0 Å².